The van der Waals surface area contributed by atoms with Gasteiger partial charge < -0.3 is 10.7 Å². The Balaban J connectivity index is 0.00000162. The van der Waals surface area contributed by atoms with Crippen molar-refractivity contribution in [2.45, 2.75) is 19.1 Å². The summed E-state index contributed by atoms with van der Waals surface area (Å²) in [6.07, 6.45) is 0. The molecule has 1 unspecified atom stereocenters. The van der Waals surface area contributed by atoms with Gasteiger partial charge in [0.25, 0.3) is 5.91 Å². The van der Waals surface area contributed by atoms with E-state index in [1.54, 1.807) is 6.07 Å². The summed E-state index contributed by atoms with van der Waals surface area (Å²) < 4.78 is 0. The quantitative estimate of drug-likeness (QED) is 0.409. The predicted molar refractivity (Wildman–Crippen MR) is 140 cm³/mol. The van der Waals surface area contributed by atoms with E-state index in [-0.39, 0.29) is 30.9 Å². The van der Waals surface area contributed by atoms with Crippen LogP contribution in [0, 0.1) is 0 Å². The van der Waals surface area contributed by atoms with E-state index in [9.17, 15) is 4.79 Å². The number of para-hydroxylation sites is 1. The van der Waals surface area contributed by atoms with Gasteiger partial charge in [0.15, 0.2) is 0 Å². The molecule has 3 N–H and O–H groups in total. The van der Waals surface area contributed by atoms with Gasteiger partial charge in [0.2, 0.25) is 0 Å². The molecule has 6 nitrogen and oxygen atoms in total. The van der Waals surface area contributed by atoms with Gasteiger partial charge in [-0.15, -0.1) is 24.8 Å². The summed E-state index contributed by atoms with van der Waals surface area (Å²) in [4.78, 5) is 25.2. The number of nitrogens with two attached hydrogens (primary N) is 1. The second-order valence-electron chi connectivity index (χ2n) is 8.38. The van der Waals surface area contributed by atoms with Gasteiger partial charge in [-0.2, -0.15) is 0 Å². The fraction of sp³-hybridized carbons (Fsp3) is 0.231. The first kappa shape index (κ1) is 25.7. The lowest BCUT2D eigenvalue weighted by molar-refractivity contribution is 0.0597. The number of aromatic amines is 1. The first-order chi connectivity index (χ1) is 15.7. The van der Waals surface area contributed by atoms with Crippen molar-refractivity contribution in [3.8, 4) is 0 Å². The van der Waals surface area contributed by atoms with Crippen LogP contribution in [-0.4, -0.2) is 45.3 Å². The van der Waals surface area contributed by atoms with E-state index in [0.717, 1.165) is 44.1 Å². The van der Waals surface area contributed by atoms with Crippen LogP contribution in [-0.2, 0) is 13.1 Å². The maximum absolute atomic E-state index is 11.9. The molecule has 1 aromatic heterocycles. The number of amides is 1. The summed E-state index contributed by atoms with van der Waals surface area (Å²) in [5.74, 6) is 0.423. The highest BCUT2D eigenvalue weighted by Crippen LogP contribution is 2.29. The molecule has 0 bridgehead atoms. The van der Waals surface area contributed by atoms with E-state index in [4.69, 9.17) is 10.7 Å². The van der Waals surface area contributed by atoms with Crippen molar-refractivity contribution in [3.63, 3.8) is 0 Å². The van der Waals surface area contributed by atoms with Crippen molar-refractivity contribution in [1.29, 1.82) is 0 Å². The summed E-state index contributed by atoms with van der Waals surface area (Å²) >= 11 is 0. The molecular formula is C26H29Cl2N5O. The van der Waals surface area contributed by atoms with Crippen molar-refractivity contribution < 1.29 is 4.79 Å². The van der Waals surface area contributed by atoms with E-state index in [1.807, 2.05) is 18.2 Å². The monoisotopic (exact) mass is 497 g/mol. The van der Waals surface area contributed by atoms with Gasteiger partial charge in [0.1, 0.15) is 11.3 Å². The lowest BCUT2D eigenvalue weighted by Crippen LogP contribution is -2.47. The number of carbonyl (C=O) groups is 1. The molecule has 0 spiro atoms. The number of imidazole rings is 1. The number of nitrogens with one attached hydrogen (secondary N) is 1. The number of benzene rings is 3. The molecule has 8 heteroatoms. The average Bonchev–Trinajstić information content (AvgIpc) is 3.25. The molecule has 0 radical (unpaired) electrons. The molecule has 5 rings (SSSR count). The predicted octanol–water partition coefficient (Wildman–Crippen LogP) is 4.56. The zero-order valence-electron chi connectivity index (χ0n) is 18.8. The van der Waals surface area contributed by atoms with Crippen molar-refractivity contribution in [2.24, 2.45) is 5.73 Å². The highest BCUT2D eigenvalue weighted by atomic mass is 35.5. The fourth-order valence-corrected chi connectivity index (χ4v) is 4.54. The molecule has 1 aliphatic heterocycles. The molecule has 3 aromatic carbocycles. The molecule has 1 aliphatic rings. The molecular weight excluding hydrogens is 469 g/mol. The Morgan fingerprint density at radius 1 is 0.882 bits per heavy atom. The van der Waals surface area contributed by atoms with Crippen molar-refractivity contribution in [2.75, 3.05) is 19.6 Å². The highest BCUT2D eigenvalue weighted by Gasteiger charge is 2.31. The van der Waals surface area contributed by atoms with Gasteiger partial charge in [-0.1, -0.05) is 66.7 Å². The Kier molecular flexibility index (Phi) is 8.69. The Labute approximate surface area is 212 Å². The highest BCUT2D eigenvalue weighted by molar-refractivity contribution is 6.04. The summed E-state index contributed by atoms with van der Waals surface area (Å²) in [5, 5.41) is 0. The van der Waals surface area contributed by atoms with Crippen molar-refractivity contribution in [1.82, 2.24) is 19.8 Å². The third-order valence-electron chi connectivity index (χ3n) is 6.16. The lowest BCUT2D eigenvalue weighted by Gasteiger charge is -2.40. The van der Waals surface area contributed by atoms with Crippen LogP contribution in [0.5, 0.6) is 0 Å². The SMILES string of the molecule is Cl.Cl.NC(=O)c1cccc2[nH]c(C3CN(Cc4ccccc4)CCN3Cc3ccccc3)nc12. The second kappa shape index (κ2) is 11.5. The minimum atomic E-state index is -0.455. The van der Waals surface area contributed by atoms with E-state index in [1.165, 1.54) is 11.1 Å². The number of piperazine rings is 1. The normalized spacial score (nSPS) is 16.5. The van der Waals surface area contributed by atoms with Crippen LogP contribution in [0.1, 0.15) is 33.4 Å². The van der Waals surface area contributed by atoms with E-state index >= 15 is 0 Å². The first-order valence-electron chi connectivity index (χ1n) is 11.0. The summed E-state index contributed by atoms with van der Waals surface area (Å²) in [7, 11) is 0. The maximum Gasteiger partial charge on any atom is 0.250 e. The largest absolute Gasteiger partial charge is 0.366 e. The van der Waals surface area contributed by atoms with E-state index in [0.29, 0.717) is 11.1 Å². The third kappa shape index (κ3) is 5.59. The molecule has 34 heavy (non-hydrogen) atoms. The van der Waals surface area contributed by atoms with Gasteiger partial charge in [-0.3, -0.25) is 14.6 Å². The molecule has 1 amide bonds. The van der Waals surface area contributed by atoms with Gasteiger partial charge in [-0.25, -0.2) is 4.98 Å². The molecule has 178 valence electrons. The van der Waals surface area contributed by atoms with Gasteiger partial charge in [0, 0.05) is 32.7 Å². The molecule has 1 atom stereocenters. The number of H-pyrrole nitrogens is 1. The minimum Gasteiger partial charge on any atom is -0.366 e. The number of fused-ring (bicyclic) bond motifs is 1. The molecule has 0 aliphatic carbocycles. The van der Waals surface area contributed by atoms with Crippen LogP contribution in [0.3, 0.4) is 0 Å². The third-order valence-corrected chi connectivity index (χ3v) is 6.16. The number of aromatic nitrogens is 2. The number of hydrogen-bond acceptors (Lipinski definition) is 4. The summed E-state index contributed by atoms with van der Waals surface area (Å²) in [6.45, 7) is 4.54. The zero-order chi connectivity index (χ0) is 21.9. The van der Waals surface area contributed by atoms with E-state index < -0.39 is 5.91 Å². The molecule has 1 fully saturated rings. The van der Waals surface area contributed by atoms with Crippen LogP contribution >= 0.6 is 24.8 Å². The molecule has 2 heterocycles. The average molecular weight is 498 g/mol. The molecule has 1 saturated heterocycles. The maximum atomic E-state index is 11.9. The number of primary amides is 1. The van der Waals surface area contributed by atoms with Crippen LogP contribution in [0.4, 0.5) is 0 Å². The fourth-order valence-electron chi connectivity index (χ4n) is 4.54. The number of halogens is 2. The Hall–Kier alpha value is -2.90. The number of rotatable bonds is 6. The Morgan fingerprint density at radius 3 is 2.18 bits per heavy atom. The Morgan fingerprint density at radius 2 is 1.53 bits per heavy atom. The van der Waals surface area contributed by atoms with E-state index in [2.05, 4.69) is 69.4 Å². The van der Waals surface area contributed by atoms with Crippen molar-refractivity contribution in [3.05, 3.63) is 101 Å². The number of hydrogen-bond donors (Lipinski definition) is 2. The van der Waals surface area contributed by atoms with Crippen LogP contribution in [0.15, 0.2) is 78.9 Å². The van der Waals surface area contributed by atoms with Crippen LogP contribution in [0.25, 0.3) is 11.0 Å². The smallest absolute Gasteiger partial charge is 0.250 e. The molecule has 4 aromatic rings. The van der Waals surface area contributed by atoms with Crippen molar-refractivity contribution >= 4 is 41.8 Å². The molecule has 0 saturated carbocycles. The van der Waals surface area contributed by atoms with Gasteiger partial charge in [-0.05, 0) is 23.3 Å². The lowest BCUT2D eigenvalue weighted by atomic mass is 10.1. The van der Waals surface area contributed by atoms with Crippen LogP contribution < -0.4 is 5.73 Å². The van der Waals surface area contributed by atoms with Gasteiger partial charge >= 0.3 is 0 Å². The second-order valence-corrected chi connectivity index (χ2v) is 8.38. The summed E-state index contributed by atoms with van der Waals surface area (Å²) in [6, 6.07) is 26.7. The number of carbonyl (C=O) groups excluding carboxylic acids is 1. The zero-order valence-corrected chi connectivity index (χ0v) is 20.4. The number of nitrogens with zero attached hydrogens (tertiary/aromatic N) is 3. The van der Waals surface area contributed by atoms with Crippen LogP contribution in [0.2, 0.25) is 0 Å². The first-order valence-corrected chi connectivity index (χ1v) is 11.0. The standard InChI is InChI=1S/C26H27N5O.2ClH/c27-25(32)21-12-7-13-22-24(21)29-26(28-22)23-18-30(16-19-8-3-1-4-9-19)14-15-31(23)17-20-10-5-2-6-11-20;;/h1-13,23H,14-18H2,(H2,27,32)(H,28,29);2*1H. The van der Waals surface area contributed by atoms with Gasteiger partial charge in [0.05, 0.1) is 17.1 Å². The topological polar surface area (TPSA) is 78.2 Å². The minimum absolute atomic E-state index is 0. The Bertz CT molecular complexity index is 1220. The summed E-state index contributed by atoms with van der Waals surface area (Å²) in [5.41, 5.74) is 10.1.